The highest BCUT2D eigenvalue weighted by Crippen LogP contribution is 2.32. The van der Waals surface area contributed by atoms with Crippen molar-refractivity contribution >= 4 is 113 Å². The van der Waals surface area contributed by atoms with Gasteiger partial charge in [-0.1, -0.05) is 37.3 Å². The number of benzene rings is 1. The van der Waals surface area contributed by atoms with Crippen LogP contribution in [0.4, 0.5) is 0 Å². The maximum atomic E-state index is 15.0. The Labute approximate surface area is 577 Å². The fourth-order valence-electron chi connectivity index (χ4n) is 10.8. The molecule has 34 N–H and O–H groups in total. The number of primary amides is 1. The predicted octanol–water partition coefficient (Wildman–Crippen LogP) is -4.32. The van der Waals surface area contributed by atoms with Gasteiger partial charge in [0, 0.05) is 107 Å². The first kappa shape index (κ1) is 84.3. The molecule has 2 rings (SSSR count). The highest BCUT2D eigenvalue weighted by atomic mass is 32.1. The summed E-state index contributed by atoms with van der Waals surface area (Å²) in [5, 5.41) is 11.4. The van der Waals surface area contributed by atoms with Gasteiger partial charge in [-0.05, 0) is 113 Å². The summed E-state index contributed by atoms with van der Waals surface area (Å²) in [7, 11) is 0. The first-order chi connectivity index (χ1) is 46.4. The van der Waals surface area contributed by atoms with Gasteiger partial charge in [0.1, 0.15) is 0 Å². The average Bonchev–Trinajstić information content (AvgIpc) is 1.66. The highest BCUT2D eigenvalue weighted by Gasteiger charge is 2.36. The van der Waals surface area contributed by atoms with E-state index in [4.69, 9.17) is 86.0 Å². The number of nitrogens with one attached hydrogen (secondary N) is 4. The maximum absolute atomic E-state index is 15.0. The molecule has 0 fully saturated rings. The zero-order chi connectivity index (χ0) is 73.3. The molecule has 9 atom stereocenters. The number of hydrogen-bond donors (Lipinski definition) is 20. The molecular formula is C62H108N26O9S. The van der Waals surface area contributed by atoms with Gasteiger partial charge in [-0.2, -0.15) is 12.6 Å². The molecule has 0 heterocycles. The lowest BCUT2D eigenvalue weighted by molar-refractivity contribution is -0.136. The van der Waals surface area contributed by atoms with Crippen molar-refractivity contribution < 1.29 is 43.2 Å². The average molecular weight is 1390 g/mol. The summed E-state index contributed by atoms with van der Waals surface area (Å²) in [5.41, 5.74) is 86.7. The molecule has 0 radical (unpaired) electrons. The third-order valence-electron chi connectivity index (χ3n) is 16.1. The molecule has 0 saturated carbocycles. The number of carbonyl (C=O) groups is 9. The standard InChI is InChI=1S/C62H108N26O9S/c1-35(11-4-22-78-56(64)65)52(94)85-43(17-8-26-82-60(72)73)47(89)30-38(13-5-23-79-57(66)67)53(95)86-44(18-9-27-83-61(74)75)48(90)31-39(14-6-24-80-58(68)69)54(96)87-45(19-10-28-84-62(76)77)49(91)32-40(15-7-25-81-59(70)71)55(97)88-46(50(92)33-41(34-98)51(63)93)29-37-21-20-36-12-2-3-16-42(36)37/h2-3,12,16,21,35,38-41,43-46,98H,4-11,13-15,17-20,22-34H2,1H3,(H2,63,93)(H,85,94)(H,86,95)(H,87,96)(H,88,97)(H4,64,65,78)(H4,66,67,79)(H4,68,69,80)(H4,70,71,81)(H4,72,73,82)(H4,74,75,83)(H4,76,77,84)/t35-,38+,39+,40+,41-,43-,44-,45-,46-/m1/s1. The first-order valence-corrected chi connectivity index (χ1v) is 33.4. The van der Waals surface area contributed by atoms with Crippen molar-refractivity contribution in [2.45, 2.75) is 160 Å². The van der Waals surface area contributed by atoms with Crippen molar-refractivity contribution in [3.63, 3.8) is 0 Å². The van der Waals surface area contributed by atoms with E-state index in [1.807, 2.05) is 30.3 Å². The fraction of sp³-hybridized carbons (Fsp3) is 0.613. The number of ketones is 4. The minimum atomic E-state index is -1.34. The molecule has 5 amide bonds. The van der Waals surface area contributed by atoms with E-state index in [-0.39, 0.29) is 183 Å². The second kappa shape index (κ2) is 46.4. The van der Waals surface area contributed by atoms with Gasteiger partial charge in [0.25, 0.3) is 0 Å². The van der Waals surface area contributed by atoms with Crippen molar-refractivity contribution in [1.29, 1.82) is 0 Å². The molecule has 36 heteroatoms. The number of hydrogen-bond acceptors (Lipinski definition) is 17. The Hall–Kier alpha value is -9.77. The van der Waals surface area contributed by atoms with E-state index in [1.54, 1.807) is 6.92 Å². The number of carbonyl (C=O) groups excluding carboxylic acids is 9. The van der Waals surface area contributed by atoms with Crippen molar-refractivity contribution in [3.05, 3.63) is 41.5 Å². The van der Waals surface area contributed by atoms with Crippen molar-refractivity contribution in [2.75, 3.05) is 51.6 Å². The van der Waals surface area contributed by atoms with Gasteiger partial charge in [-0.15, -0.1) is 0 Å². The smallest absolute Gasteiger partial charge is 0.224 e. The molecule has 0 bridgehead atoms. The molecule has 1 aromatic rings. The Balaban J connectivity index is 2.72. The lowest BCUT2D eigenvalue weighted by atomic mass is 9.88. The van der Waals surface area contributed by atoms with E-state index in [1.165, 1.54) is 0 Å². The van der Waals surface area contributed by atoms with E-state index in [2.05, 4.69) is 68.8 Å². The van der Waals surface area contributed by atoms with Crippen LogP contribution in [0.15, 0.2) is 65.3 Å². The van der Waals surface area contributed by atoms with Crippen LogP contribution in [-0.4, -0.2) is 170 Å². The van der Waals surface area contributed by atoms with Crippen LogP contribution in [0.5, 0.6) is 0 Å². The minimum Gasteiger partial charge on any atom is -0.370 e. The summed E-state index contributed by atoms with van der Waals surface area (Å²) in [4.78, 5) is 157. The van der Waals surface area contributed by atoms with Crippen LogP contribution in [0.25, 0.3) is 5.57 Å². The van der Waals surface area contributed by atoms with E-state index in [9.17, 15) is 43.2 Å². The number of Topliss-reactive ketones (excluding diaryl/α,β-unsaturated/α-hetero) is 4. The first-order valence-electron chi connectivity index (χ1n) is 32.8. The number of amides is 5. The molecule has 0 aliphatic heterocycles. The molecule has 1 aliphatic carbocycles. The third kappa shape index (κ3) is 35.3. The lowest BCUT2D eigenvalue weighted by Gasteiger charge is -2.27. The summed E-state index contributed by atoms with van der Waals surface area (Å²) in [5.74, 6) is -12.2. The molecule has 0 spiro atoms. The number of nitrogens with zero attached hydrogens (tertiary/aromatic N) is 7. The number of allylic oxidation sites excluding steroid dienone is 1. The minimum absolute atomic E-state index is 0.0142. The molecule has 35 nitrogen and oxygen atoms in total. The fourth-order valence-corrected chi connectivity index (χ4v) is 11.1. The molecular weight excluding hydrogens is 1280 g/mol. The molecule has 98 heavy (non-hydrogen) atoms. The van der Waals surface area contributed by atoms with Gasteiger partial charge < -0.3 is 107 Å². The summed E-state index contributed by atoms with van der Waals surface area (Å²) in [6.07, 6.45) is 2.60. The summed E-state index contributed by atoms with van der Waals surface area (Å²) >= 11 is 4.24. The van der Waals surface area contributed by atoms with Crippen molar-refractivity contribution in [3.8, 4) is 0 Å². The van der Waals surface area contributed by atoms with Crippen LogP contribution in [0.1, 0.15) is 140 Å². The Kier molecular flexibility index (Phi) is 39.9. The van der Waals surface area contributed by atoms with Crippen LogP contribution in [0.2, 0.25) is 0 Å². The molecule has 0 saturated heterocycles. The van der Waals surface area contributed by atoms with E-state index in [0.29, 0.717) is 19.3 Å². The van der Waals surface area contributed by atoms with Crippen LogP contribution in [0, 0.1) is 29.6 Å². The van der Waals surface area contributed by atoms with E-state index >= 15 is 0 Å². The lowest BCUT2D eigenvalue weighted by Crippen LogP contribution is -2.49. The number of guanidine groups is 7. The SMILES string of the molecule is C[C@H](CCCN=C(N)N)C(=O)N[C@H](CCCN=C(N)N)C(=O)C[C@H](CCCN=C(N)N)C(=O)N[C@H](CCCN=C(N)N)C(=O)C[C@H](CCCN=C(N)N)C(=O)N[C@H](CCCN=C(N)N)C(=O)C[C@H](CCCN=C(N)N)C(=O)N[C@H](CC1=CCc2ccccc21)C(=O)C[C@H](CS)C(N)=O. The van der Waals surface area contributed by atoms with E-state index in [0.717, 1.165) is 16.7 Å². The van der Waals surface area contributed by atoms with Crippen molar-refractivity contribution in [2.24, 2.45) is 151 Å². The van der Waals surface area contributed by atoms with Crippen LogP contribution in [-0.2, 0) is 49.6 Å². The van der Waals surface area contributed by atoms with Crippen LogP contribution >= 0.6 is 12.6 Å². The number of thiol groups is 1. The third-order valence-corrected chi connectivity index (χ3v) is 16.5. The molecule has 1 aromatic carbocycles. The Morgan fingerprint density at radius 3 is 1.00 bits per heavy atom. The van der Waals surface area contributed by atoms with Gasteiger partial charge in [0.15, 0.2) is 64.8 Å². The summed E-state index contributed by atoms with van der Waals surface area (Å²) in [6.45, 7) is 2.25. The van der Waals surface area contributed by atoms with Crippen molar-refractivity contribution in [1.82, 2.24) is 21.3 Å². The topological polar surface area (TPSA) is 679 Å². The zero-order valence-electron chi connectivity index (χ0n) is 56.3. The second-order valence-corrected chi connectivity index (χ2v) is 24.5. The zero-order valence-corrected chi connectivity index (χ0v) is 57.2. The van der Waals surface area contributed by atoms with Gasteiger partial charge in [-0.25, -0.2) is 0 Å². The molecule has 0 unspecified atom stereocenters. The van der Waals surface area contributed by atoms with Gasteiger partial charge in [-0.3, -0.25) is 78.1 Å². The Bertz CT molecular complexity index is 3040. The van der Waals surface area contributed by atoms with Crippen LogP contribution < -0.4 is 107 Å². The largest absolute Gasteiger partial charge is 0.370 e. The Morgan fingerprint density at radius 2 is 0.673 bits per heavy atom. The molecule has 546 valence electrons. The second-order valence-electron chi connectivity index (χ2n) is 24.1. The number of rotatable bonds is 52. The number of nitrogens with two attached hydrogens (primary N) is 15. The summed E-state index contributed by atoms with van der Waals surface area (Å²) in [6, 6.07) is 2.62. The normalized spacial score (nSPS) is 14.1. The monoisotopic (exact) mass is 1390 g/mol. The maximum Gasteiger partial charge on any atom is 0.224 e. The van der Waals surface area contributed by atoms with Gasteiger partial charge in [0.2, 0.25) is 29.5 Å². The highest BCUT2D eigenvalue weighted by molar-refractivity contribution is 7.80. The quantitative estimate of drug-likeness (QED) is 0.0127. The summed E-state index contributed by atoms with van der Waals surface area (Å²) < 4.78 is 0. The number of fused-ring (bicyclic) bond motifs is 1. The van der Waals surface area contributed by atoms with Gasteiger partial charge >= 0.3 is 0 Å². The molecule has 0 aromatic heterocycles. The molecule has 1 aliphatic rings. The predicted molar refractivity (Wildman–Crippen MR) is 385 cm³/mol. The Morgan fingerprint density at radius 1 is 0.388 bits per heavy atom. The van der Waals surface area contributed by atoms with Crippen LogP contribution in [0.3, 0.4) is 0 Å². The van der Waals surface area contributed by atoms with Gasteiger partial charge in [0.05, 0.1) is 30.1 Å². The number of aliphatic imine (C=N–C) groups is 7. The van der Waals surface area contributed by atoms with E-state index < -0.39 is 126 Å².